The summed E-state index contributed by atoms with van der Waals surface area (Å²) in [5, 5.41) is 19.8. The van der Waals surface area contributed by atoms with E-state index in [1.807, 2.05) is 56.3 Å². The second-order valence-electron chi connectivity index (χ2n) is 6.67. The number of rotatable bonds is 7. The highest BCUT2D eigenvalue weighted by atomic mass is 16.3. The second kappa shape index (κ2) is 9.55. The number of nitrogens with zero attached hydrogens (tertiary/aromatic N) is 1. The number of aryl methyl sites for hydroxylation is 1. The molecule has 140 valence electrons. The van der Waals surface area contributed by atoms with Gasteiger partial charge < -0.3 is 15.1 Å². The zero-order valence-corrected chi connectivity index (χ0v) is 15.9. The number of aromatic hydroxyl groups is 1. The lowest BCUT2D eigenvalue weighted by molar-refractivity contribution is -0.110. The van der Waals surface area contributed by atoms with Gasteiger partial charge in [-0.1, -0.05) is 48.0 Å². The maximum absolute atomic E-state index is 11.9. The lowest BCUT2D eigenvalue weighted by Gasteiger charge is -2.11. The van der Waals surface area contributed by atoms with Crippen LogP contribution in [0.4, 0.5) is 0 Å². The van der Waals surface area contributed by atoms with Crippen molar-refractivity contribution in [2.75, 3.05) is 14.1 Å². The number of phenols is 1. The molecular weight excluding hydrogens is 338 g/mol. The third-order valence-electron chi connectivity index (χ3n) is 3.84. The molecule has 27 heavy (non-hydrogen) atoms. The molecule has 0 bridgehead atoms. The van der Waals surface area contributed by atoms with Gasteiger partial charge in [-0.05, 0) is 56.4 Å². The van der Waals surface area contributed by atoms with Gasteiger partial charge in [0.05, 0.1) is 0 Å². The van der Waals surface area contributed by atoms with Crippen LogP contribution in [-0.4, -0.2) is 35.0 Å². The fourth-order valence-corrected chi connectivity index (χ4v) is 2.46. The molecule has 0 atom stereocenters. The zero-order valence-electron chi connectivity index (χ0n) is 15.9. The van der Waals surface area contributed by atoms with Gasteiger partial charge >= 0.3 is 0 Å². The summed E-state index contributed by atoms with van der Waals surface area (Å²) in [7, 11) is 3.85. The Hall–Kier alpha value is -3.11. The molecule has 4 heteroatoms. The SMILES string of the molecule is Cc1ccc(/C=C/C(=O)C=C(O)/C=C/c2ccc(O)c(CN(C)C)c2)cc1. The van der Waals surface area contributed by atoms with Crippen molar-refractivity contribution in [2.45, 2.75) is 13.5 Å². The van der Waals surface area contributed by atoms with Crippen LogP contribution in [0.1, 0.15) is 22.3 Å². The monoisotopic (exact) mass is 363 g/mol. The molecule has 0 saturated carbocycles. The molecule has 0 aliphatic rings. The number of aliphatic hydroxyl groups excluding tert-OH is 1. The first-order valence-electron chi connectivity index (χ1n) is 8.67. The van der Waals surface area contributed by atoms with Crippen LogP contribution in [-0.2, 0) is 11.3 Å². The molecule has 0 radical (unpaired) electrons. The zero-order chi connectivity index (χ0) is 19.8. The average Bonchev–Trinajstić information content (AvgIpc) is 2.61. The second-order valence-corrected chi connectivity index (χ2v) is 6.67. The van der Waals surface area contributed by atoms with Gasteiger partial charge in [0.15, 0.2) is 5.78 Å². The Morgan fingerprint density at radius 2 is 1.63 bits per heavy atom. The normalized spacial score (nSPS) is 12.4. The molecule has 0 unspecified atom stereocenters. The van der Waals surface area contributed by atoms with Gasteiger partial charge in [-0.25, -0.2) is 0 Å². The fraction of sp³-hybridized carbons (Fsp3) is 0.174. The molecule has 0 heterocycles. The molecule has 2 aromatic rings. The molecule has 0 aliphatic heterocycles. The summed E-state index contributed by atoms with van der Waals surface area (Å²) in [6, 6.07) is 13.0. The number of allylic oxidation sites excluding steroid dienone is 3. The van der Waals surface area contributed by atoms with Crippen molar-refractivity contribution >= 4 is 17.9 Å². The Labute approximate surface area is 160 Å². The number of carbonyl (C=O) groups excluding carboxylic acids is 1. The first-order valence-corrected chi connectivity index (χ1v) is 8.67. The van der Waals surface area contributed by atoms with E-state index in [4.69, 9.17) is 0 Å². The molecule has 0 aromatic heterocycles. The van der Waals surface area contributed by atoms with Gasteiger partial charge in [0.1, 0.15) is 11.5 Å². The van der Waals surface area contributed by atoms with E-state index in [0.717, 1.165) is 22.3 Å². The number of hydrogen-bond donors (Lipinski definition) is 2. The molecule has 2 N–H and O–H groups in total. The number of ketones is 1. The quantitative estimate of drug-likeness (QED) is 0.432. The van der Waals surface area contributed by atoms with Gasteiger partial charge in [0, 0.05) is 18.2 Å². The Bertz CT molecular complexity index is 875. The minimum Gasteiger partial charge on any atom is -0.508 e. The first-order chi connectivity index (χ1) is 12.8. The molecule has 0 saturated heterocycles. The van der Waals surface area contributed by atoms with Crippen molar-refractivity contribution in [3.05, 3.63) is 88.7 Å². The predicted octanol–water partition coefficient (Wildman–Crippen LogP) is 4.50. The van der Waals surface area contributed by atoms with Crippen molar-refractivity contribution < 1.29 is 15.0 Å². The minimum absolute atomic E-state index is 0.129. The van der Waals surface area contributed by atoms with E-state index in [1.54, 1.807) is 24.3 Å². The highest BCUT2D eigenvalue weighted by Gasteiger charge is 2.03. The minimum atomic E-state index is -0.295. The van der Waals surface area contributed by atoms with Gasteiger partial charge in [-0.15, -0.1) is 0 Å². The van der Waals surface area contributed by atoms with Crippen LogP contribution < -0.4 is 0 Å². The van der Waals surface area contributed by atoms with E-state index in [2.05, 4.69) is 0 Å². The summed E-state index contributed by atoms with van der Waals surface area (Å²) in [6.45, 7) is 2.61. The van der Waals surface area contributed by atoms with Crippen molar-refractivity contribution in [3.63, 3.8) is 0 Å². The highest BCUT2D eigenvalue weighted by Crippen LogP contribution is 2.20. The van der Waals surface area contributed by atoms with Crippen LogP contribution in [0.3, 0.4) is 0 Å². The molecule has 0 aliphatic carbocycles. The van der Waals surface area contributed by atoms with Crippen molar-refractivity contribution in [2.24, 2.45) is 0 Å². The van der Waals surface area contributed by atoms with Crippen molar-refractivity contribution in [1.29, 1.82) is 0 Å². The van der Waals surface area contributed by atoms with Gasteiger partial charge in [-0.3, -0.25) is 4.79 Å². The van der Waals surface area contributed by atoms with Gasteiger partial charge in [0.2, 0.25) is 0 Å². The number of phenolic OH excluding ortho intramolecular Hbond substituents is 1. The molecule has 2 aromatic carbocycles. The largest absolute Gasteiger partial charge is 0.508 e. The van der Waals surface area contributed by atoms with Crippen LogP contribution >= 0.6 is 0 Å². The van der Waals surface area contributed by atoms with E-state index in [0.29, 0.717) is 6.54 Å². The number of benzene rings is 2. The van der Waals surface area contributed by atoms with Crippen molar-refractivity contribution in [1.82, 2.24) is 4.90 Å². The summed E-state index contributed by atoms with van der Waals surface area (Å²) in [5.41, 5.74) is 3.70. The van der Waals surface area contributed by atoms with Gasteiger partial charge in [0.25, 0.3) is 0 Å². The summed E-state index contributed by atoms with van der Waals surface area (Å²) in [4.78, 5) is 13.9. The summed E-state index contributed by atoms with van der Waals surface area (Å²) < 4.78 is 0. The molecule has 0 spiro atoms. The van der Waals surface area contributed by atoms with Crippen molar-refractivity contribution in [3.8, 4) is 5.75 Å². The number of hydrogen-bond acceptors (Lipinski definition) is 4. The standard InChI is InChI=1S/C23H25NO3/c1-17-4-6-18(7-5-17)8-11-21(25)15-22(26)12-9-19-10-13-23(27)20(14-19)16-24(2)3/h4-15,26-27H,16H2,1-3H3/b11-8+,12-9+,22-15?. The first kappa shape index (κ1) is 20.2. The maximum atomic E-state index is 11.9. The Kier molecular flexibility index (Phi) is 7.15. The average molecular weight is 363 g/mol. The topological polar surface area (TPSA) is 60.8 Å². The smallest absolute Gasteiger partial charge is 0.182 e. The summed E-state index contributed by atoms with van der Waals surface area (Å²) in [6.07, 6.45) is 7.46. The van der Waals surface area contributed by atoms with Crippen LogP contribution in [0.25, 0.3) is 12.2 Å². The third kappa shape index (κ3) is 6.96. The highest BCUT2D eigenvalue weighted by molar-refractivity contribution is 6.02. The Morgan fingerprint density at radius 1 is 1.00 bits per heavy atom. The lowest BCUT2D eigenvalue weighted by Crippen LogP contribution is -2.10. The van der Waals surface area contributed by atoms with Crippen LogP contribution in [0.2, 0.25) is 0 Å². The van der Waals surface area contributed by atoms with Gasteiger partial charge in [-0.2, -0.15) is 0 Å². The van der Waals surface area contributed by atoms with E-state index in [-0.39, 0.29) is 17.3 Å². The summed E-state index contributed by atoms with van der Waals surface area (Å²) in [5.74, 6) is -0.190. The predicted molar refractivity (Wildman–Crippen MR) is 110 cm³/mol. The fourth-order valence-electron chi connectivity index (χ4n) is 2.46. The molecule has 2 rings (SSSR count). The van der Waals surface area contributed by atoms with E-state index < -0.39 is 0 Å². The molecule has 0 amide bonds. The van der Waals surface area contributed by atoms with Crippen LogP contribution in [0, 0.1) is 6.92 Å². The van der Waals surface area contributed by atoms with E-state index in [1.165, 1.54) is 18.2 Å². The molecular formula is C23H25NO3. The van der Waals surface area contributed by atoms with E-state index >= 15 is 0 Å². The van der Waals surface area contributed by atoms with Crippen LogP contribution in [0.15, 0.2) is 66.5 Å². The third-order valence-corrected chi connectivity index (χ3v) is 3.84. The summed E-state index contributed by atoms with van der Waals surface area (Å²) >= 11 is 0. The Balaban J connectivity index is 2.03. The molecule has 0 fully saturated rings. The number of carbonyl (C=O) groups is 1. The van der Waals surface area contributed by atoms with Crippen LogP contribution in [0.5, 0.6) is 5.75 Å². The number of aliphatic hydroxyl groups is 1. The lowest BCUT2D eigenvalue weighted by atomic mass is 10.1. The maximum Gasteiger partial charge on any atom is 0.182 e. The molecule has 4 nitrogen and oxygen atoms in total. The Morgan fingerprint density at radius 3 is 2.30 bits per heavy atom. The van der Waals surface area contributed by atoms with E-state index in [9.17, 15) is 15.0 Å².